The number of aliphatic hydroxyl groups excluding tert-OH is 1. The van der Waals surface area contributed by atoms with E-state index in [2.05, 4.69) is 83.2 Å². The molecule has 0 radical (unpaired) electrons. The normalized spacial score (nSPS) is 14.2. The van der Waals surface area contributed by atoms with E-state index in [0.717, 1.165) is 134 Å². The first-order chi connectivity index (χ1) is 47.0. The zero-order valence-corrected chi connectivity index (χ0v) is 64.0. The van der Waals surface area contributed by atoms with Crippen molar-refractivity contribution in [2.45, 2.75) is 380 Å². The van der Waals surface area contributed by atoms with Crippen LogP contribution in [0.4, 0.5) is 0 Å². The molecule has 0 fully saturated rings. The van der Waals surface area contributed by atoms with Gasteiger partial charge in [-0.15, -0.1) is 0 Å². The third-order valence-electron chi connectivity index (χ3n) is 17.0. The third-order valence-corrected chi connectivity index (χ3v) is 18.9. The summed E-state index contributed by atoms with van der Waals surface area (Å²) in [6, 6.07) is 0. The fourth-order valence-corrected chi connectivity index (χ4v) is 12.6. The predicted octanol–water partition coefficient (Wildman–Crippen LogP) is 22.4. The summed E-state index contributed by atoms with van der Waals surface area (Å²) in [4.78, 5) is 72.9. The molecule has 97 heavy (non-hydrogen) atoms. The second-order valence-corrected chi connectivity index (χ2v) is 30.1. The lowest BCUT2D eigenvalue weighted by Crippen LogP contribution is -2.30. The summed E-state index contributed by atoms with van der Waals surface area (Å²) in [5, 5.41) is 10.6. The van der Waals surface area contributed by atoms with E-state index < -0.39 is 97.5 Å². The molecule has 0 saturated carbocycles. The summed E-state index contributed by atoms with van der Waals surface area (Å²) in [5.41, 5.74) is 0. The van der Waals surface area contributed by atoms with Crippen molar-refractivity contribution < 1.29 is 80.2 Å². The van der Waals surface area contributed by atoms with Crippen LogP contribution in [0, 0.1) is 5.92 Å². The van der Waals surface area contributed by atoms with Gasteiger partial charge in [-0.2, -0.15) is 0 Å². The first-order valence-electron chi connectivity index (χ1n) is 39.3. The predicted molar refractivity (Wildman–Crippen MR) is 395 cm³/mol. The van der Waals surface area contributed by atoms with Gasteiger partial charge in [0.2, 0.25) is 0 Å². The third kappa shape index (κ3) is 71.2. The van der Waals surface area contributed by atoms with Gasteiger partial charge in [0.05, 0.1) is 26.4 Å². The Hall–Kier alpha value is -2.98. The van der Waals surface area contributed by atoms with Crippen LogP contribution >= 0.6 is 15.6 Å². The summed E-state index contributed by atoms with van der Waals surface area (Å²) in [5.74, 6) is -1.45. The SMILES string of the molecule is CCCCCC/C=C\C=C/CCCCCCCC(=O)OC[C@H](COP(=O)(O)OC[C@@H](O)COP(=O)(O)OC[C@@H](COC(=O)CCCCCCCCCCC(C)C)OC(=O)CCCCCCC/C=C\C=C/CCCCCC)OC(=O)CCCCCCCCCCCCCCCCCC. The van der Waals surface area contributed by atoms with Gasteiger partial charge in [-0.3, -0.25) is 37.3 Å². The van der Waals surface area contributed by atoms with Crippen LogP contribution in [0.15, 0.2) is 48.6 Å². The van der Waals surface area contributed by atoms with Crippen LogP contribution in [0.3, 0.4) is 0 Å². The first kappa shape index (κ1) is 94.0. The number of unbranched alkanes of at least 4 members (excludes halogenated alkanes) is 40. The highest BCUT2D eigenvalue weighted by Crippen LogP contribution is 2.45. The van der Waals surface area contributed by atoms with Gasteiger partial charge in [0.15, 0.2) is 12.2 Å². The number of carbonyl (C=O) groups is 4. The molecule has 0 aromatic rings. The number of hydrogen-bond acceptors (Lipinski definition) is 15. The van der Waals surface area contributed by atoms with Crippen molar-refractivity contribution in [3.05, 3.63) is 48.6 Å². The Morgan fingerprint density at radius 1 is 0.320 bits per heavy atom. The Labute approximate surface area is 591 Å². The number of phosphoric acid groups is 2. The van der Waals surface area contributed by atoms with Crippen molar-refractivity contribution in [1.82, 2.24) is 0 Å². The molecule has 2 unspecified atom stereocenters. The van der Waals surface area contributed by atoms with Crippen LogP contribution in [0.1, 0.15) is 362 Å². The maximum atomic E-state index is 13.1. The van der Waals surface area contributed by atoms with Gasteiger partial charge in [0, 0.05) is 25.7 Å². The van der Waals surface area contributed by atoms with Crippen molar-refractivity contribution in [2.24, 2.45) is 5.92 Å². The zero-order valence-electron chi connectivity index (χ0n) is 62.2. The lowest BCUT2D eigenvalue weighted by Gasteiger charge is -2.21. The standard InChI is InChI=1S/C78H144O17P2/c1-6-9-12-15-18-21-24-27-30-33-36-39-42-49-54-59-64-77(82)94-73(67-88-75(80)61-56-51-46-40-37-34-31-28-25-22-19-16-13-10-7-2)69-92-96(84,85)90-65-72(79)66-91-97(86,87)93-70-74(68-89-76(81)62-57-52-47-44-43-45-50-55-60-71(4)5)95-78(83)63-58-53-48-41-38-35-32-29-26-23-20-17-14-11-8-3/h22-23,25-26,28-29,31-32,71-74,79H,6-21,24,27,30,33-70H2,1-5H3,(H,84,85)(H,86,87)/b25-22-,26-23-,31-28-,32-29-/t72-,73-,74-/m1/s1. The van der Waals surface area contributed by atoms with Crippen LogP contribution < -0.4 is 0 Å². The van der Waals surface area contributed by atoms with E-state index in [9.17, 15) is 43.2 Å². The minimum absolute atomic E-state index is 0.0824. The molecule has 0 aliphatic rings. The minimum atomic E-state index is -4.97. The molecule has 0 heterocycles. The molecular weight excluding hydrogens is 1270 g/mol. The molecule has 0 rings (SSSR count). The number of phosphoric ester groups is 2. The van der Waals surface area contributed by atoms with Gasteiger partial charge >= 0.3 is 39.5 Å². The number of allylic oxidation sites excluding steroid dienone is 8. The number of rotatable bonds is 74. The maximum Gasteiger partial charge on any atom is 0.472 e. The highest BCUT2D eigenvalue weighted by molar-refractivity contribution is 7.47. The van der Waals surface area contributed by atoms with E-state index in [1.54, 1.807) is 0 Å². The number of esters is 4. The second kappa shape index (κ2) is 70.1. The highest BCUT2D eigenvalue weighted by atomic mass is 31.2. The molecule has 0 aromatic heterocycles. The molecule has 0 aliphatic heterocycles. The molecular formula is C78H144O17P2. The van der Waals surface area contributed by atoms with Crippen molar-refractivity contribution in [3.8, 4) is 0 Å². The van der Waals surface area contributed by atoms with Crippen molar-refractivity contribution in [2.75, 3.05) is 39.6 Å². The molecule has 0 saturated heterocycles. The van der Waals surface area contributed by atoms with E-state index in [1.165, 1.54) is 148 Å². The van der Waals surface area contributed by atoms with Crippen LogP contribution in [-0.4, -0.2) is 96.7 Å². The molecule has 19 heteroatoms. The largest absolute Gasteiger partial charge is 0.472 e. The van der Waals surface area contributed by atoms with E-state index in [-0.39, 0.29) is 25.7 Å². The van der Waals surface area contributed by atoms with Gasteiger partial charge < -0.3 is 33.8 Å². The molecule has 17 nitrogen and oxygen atoms in total. The van der Waals surface area contributed by atoms with E-state index >= 15 is 0 Å². The number of ether oxygens (including phenoxy) is 4. The van der Waals surface area contributed by atoms with Crippen molar-refractivity contribution in [3.63, 3.8) is 0 Å². The first-order valence-corrected chi connectivity index (χ1v) is 42.3. The average Bonchev–Trinajstić information content (AvgIpc) is 1.46. The molecule has 5 atom stereocenters. The smallest absolute Gasteiger partial charge is 0.462 e. The Kier molecular flexibility index (Phi) is 67.9. The molecule has 0 amide bonds. The molecule has 3 N–H and O–H groups in total. The van der Waals surface area contributed by atoms with Gasteiger partial charge in [-0.1, -0.05) is 308 Å². The van der Waals surface area contributed by atoms with Crippen molar-refractivity contribution in [1.29, 1.82) is 0 Å². The Morgan fingerprint density at radius 2 is 0.557 bits per heavy atom. The molecule has 568 valence electrons. The number of hydrogen-bond donors (Lipinski definition) is 3. The van der Waals surface area contributed by atoms with Gasteiger partial charge in [-0.25, -0.2) is 9.13 Å². The Balaban J connectivity index is 5.33. The van der Waals surface area contributed by atoms with Gasteiger partial charge in [0.1, 0.15) is 19.3 Å². The fraction of sp³-hybridized carbons (Fsp3) is 0.846. The molecule has 0 aromatic carbocycles. The van der Waals surface area contributed by atoms with Crippen molar-refractivity contribution >= 4 is 39.5 Å². The molecule has 0 spiro atoms. The summed E-state index contributed by atoms with van der Waals surface area (Å²) in [7, 11) is -9.94. The molecule has 0 bridgehead atoms. The zero-order chi connectivity index (χ0) is 71.2. The fourth-order valence-electron chi connectivity index (χ4n) is 11.0. The second-order valence-electron chi connectivity index (χ2n) is 27.2. The minimum Gasteiger partial charge on any atom is -0.462 e. The van der Waals surface area contributed by atoms with Crippen LogP contribution in [0.2, 0.25) is 0 Å². The van der Waals surface area contributed by atoms with E-state index in [0.29, 0.717) is 25.7 Å². The lowest BCUT2D eigenvalue weighted by molar-refractivity contribution is -0.161. The quantitative estimate of drug-likeness (QED) is 0.0169. The van der Waals surface area contributed by atoms with Crippen LogP contribution in [-0.2, 0) is 65.4 Å². The molecule has 0 aliphatic carbocycles. The Bertz CT molecular complexity index is 2050. The summed E-state index contributed by atoms with van der Waals surface area (Å²) >= 11 is 0. The highest BCUT2D eigenvalue weighted by Gasteiger charge is 2.30. The van der Waals surface area contributed by atoms with E-state index in [4.69, 9.17) is 37.0 Å². The average molecular weight is 1420 g/mol. The topological polar surface area (TPSA) is 237 Å². The van der Waals surface area contributed by atoms with Gasteiger partial charge in [-0.05, 0) is 83.0 Å². The van der Waals surface area contributed by atoms with Crippen LogP contribution in [0.25, 0.3) is 0 Å². The number of carbonyl (C=O) groups excluding carboxylic acids is 4. The monoisotopic (exact) mass is 1410 g/mol. The Morgan fingerprint density at radius 3 is 0.845 bits per heavy atom. The summed E-state index contributed by atoms with van der Waals surface area (Å²) in [6.45, 7) is 7.14. The van der Waals surface area contributed by atoms with E-state index in [1.807, 2.05) is 0 Å². The van der Waals surface area contributed by atoms with Crippen LogP contribution in [0.5, 0.6) is 0 Å². The lowest BCUT2D eigenvalue weighted by atomic mass is 10.0. The van der Waals surface area contributed by atoms with Gasteiger partial charge in [0.25, 0.3) is 0 Å². The maximum absolute atomic E-state index is 13.1. The summed E-state index contributed by atoms with van der Waals surface area (Å²) < 4.78 is 68.5. The summed E-state index contributed by atoms with van der Waals surface area (Å²) in [6.07, 6.45) is 65.4. The number of aliphatic hydroxyl groups is 1.